The number of rotatable bonds is 3. The standard InChI is InChI=1S/C13H12BrN3S2/c14-8-1-3-9(4-2-8)19-7-12-16-11-6-18-5-10(11)13(15)17-12/h1-4H,5-7H2,(H2,15,16,17). The van der Waals surface area contributed by atoms with E-state index in [1.807, 2.05) is 23.9 Å². The van der Waals surface area contributed by atoms with Gasteiger partial charge in [-0.1, -0.05) is 15.9 Å². The number of hydrogen-bond donors (Lipinski definition) is 1. The van der Waals surface area contributed by atoms with E-state index in [4.69, 9.17) is 5.73 Å². The first kappa shape index (κ1) is 13.3. The van der Waals surface area contributed by atoms with Crippen LogP contribution in [0, 0.1) is 0 Å². The number of hydrogen-bond acceptors (Lipinski definition) is 5. The lowest BCUT2D eigenvalue weighted by Gasteiger charge is -2.06. The number of nitrogens with zero attached hydrogens (tertiary/aromatic N) is 2. The van der Waals surface area contributed by atoms with Crippen molar-refractivity contribution in [1.82, 2.24) is 9.97 Å². The molecule has 2 N–H and O–H groups in total. The van der Waals surface area contributed by atoms with Crippen LogP contribution in [0.2, 0.25) is 0 Å². The molecule has 0 atom stereocenters. The Hall–Kier alpha value is -0.720. The Morgan fingerprint density at radius 1 is 1.21 bits per heavy atom. The fourth-order valence-electron chi connectivity index (χ4n) is 1.87. The zero-order valence-corrected chi connectivity index (χ0v) is 13.3. The van der Waals surface area contributed by atoms with Crippen molar-refractivity contribution in [2.75, 3.05) is 5.73 Å². The van der Waals surface area contributed by atoms with Crippen LogP contribution in [0.3, 0.4) is 0 Å². The van der Waals surface area contributed by atoms with Gasteiger partial charge in [0.25, 0.3) is 0 Å². The van der Waals surface area contributed by atoms with E-state index in [9.17, 15) is 0 Å². The van der Waals surface area contributed by atoms with Gasteiger partial charge >= 0.3 is 0 Å². The highest BCUT2D eigenvalue weighted by atomic mass is 79.9. The van der Waals surface area contributed by atoms with Gasteiger partial charge < -0.3 is 5.73 Å². The molecule has 0 radical (unpaired) electrons. The molecule has 0 saturated carbocycles. The highest BCUT2D eigenvalue weighted by molar-refractivity contribution is 9.10. The molecule has 98 valence electrons. The summed E-state index contributed by atoms with van der Waals surface area (Å²) in [5, 5.41) is 0. The van der Waals surface area contributed by atoms with Crippen molar-refractivity contribution in [2.24, 2.45) is 0 Å². The summed E-state index contributed by atoms with van der Waals surface area (Å²) in [4.78, 5) is 10.2. The number of nitrogen functional groups attached to an aromatic ring is 1. The van der Waals surface area contributed by atoms with Crippen molar-refractivity contribution in [3.63, 3.8) is 0 Å². The second kappa shape index (κ2) is 5.73. The molecule has 1 aromatic heterocycles. The van der Waals surface area contributed by atoms with E-state index in [0.29, 0.717) is 5.82 Å². The number of halogens is 1. The monoisotopic (exact) mass is 353 g/mol. The van der Waals surface area contributed by atoms with E-state index in [1.165, 1.54) is 4.90 Å². The highest BCUT2D eigenvalue weighted by Gasteiger charge is 2.18. The lowest BCUT2D eigenvalue weighted by Crippen LogP contribution is -2.04. The number of fused-ring (bicyclic) bond motifs is 1. The van der Waals surface area contributed by atoms with Crippen molar-refractivity contribution < 1.29 is 0 Å². The van der Waals surface area contributed by atoms with Gasteiger partial charge in [0.2, 0.25) is 0 Å². The van der Waals surface area contributed by atoms with Crippen LogP contribution in [-0.4, -0.2) is 9.97 Å². The normalized spacial score (nSPS) is 13.5. The largest absolute Gasteiger partial charge is 0.383 e. The molecule has 1 aliphatic rings. The highest BCUT2D eigenvalue weighted by Crippen LogP contribution is 2.32. The molecule has 0 bridgehead atoms. The minimum atomic E-state index is 0.654. The summed E-state index contributed by atoms with van der Waals surface area (Å²) < 4.78 is 1.09. The van der Waals surface area contributed by atoms with Crippen LogP contribution in [-0.2, 0) is 17.3 Å². The van der Waals surface area contributed by atoms with Crippen molar-refractivity contribution in [1.29, 1.82) is 0 Å². The van der Waals surface area contributed by atoms with Crippen molar-refractivity contribution in [3.05, 3.63) is 45.8 Å². The summed E-state index contributed by atoms with van der Waals surface area (Å²) in [6.45, 7) is 0. The van der Waals surface area contributed by atoms with Gasteiger partial charge in [0.05, 0.1) is 11.4 Å². The summed E-state index contributed by atoms with van der Waals surface area (Å²) in [5.41, 5.74) is 8.22. The lowest BCUT2D eigenvalue weighted by atomic mass is 10.2. The van der Waals surface area contributed by atoms with Gasteiger partial charge in [0.15, 0.2) is 0 Å². The maximum absolute atomic E-state index is 5.98. The first-order chi connectivity index (χ1) is 9.22. The van der Waals surface area contributed by atoms with Crippen LogP contribution in [0.5, 0.6) is 0 Å². The van der Waals surface area contributed by atoms with Crippen LogP contribution >= 0.6 is 39.5 Å². The number of thioether (sulfide) groups is 2. The number of nitrogens with two attached hydrogens (primary N) is 1. The molecule has 0 fully saturated rings. The van der Waals surface area contributed by atoms with Crippen LogP contribution in [0.4, 0.5) is 5.82 Å². The summed E-state index contributed by atoms with van der Waals surface area (Å²) in [6.07, 6.45) is 0. The molecule has 2 heterocycles. The molecule has 3 nitrogen and oxygen atoms in total. The topological polar surface area (TPSA) is 51.8 Å². The average molecular weight is 354 g/mol. The van der Waals surface area contributed by atoms with E-state index in [1.54, 1.807) is 11.8 Å². The van der Waals surface area contributed by atoms with Crippen LogP contribution < -0.4 is 5.73 Å². The Kier molecular flexibility index (Phi) is 4.00. The van der Waals surface area contributed by atoms with Crippen molar-refractivity contribution in [3.8, 4) is 0 Å². The maximum atomic E-state index is 5.98. The third-order valence-electron chi connectivity index (χ3n) is 2.84. The molecule has 3 rings (SSSR count). The molecule has 19 heavy (non-hydrogen) atoms. The SMILES string of the molecule is Nc1nc(CSc2ccc(Br)cc2)nc2c1CSC2. The average Bonchev–Trinajstić information content (AvgIpc) is 2.87. The first-order valence-corrected chi connectivity index (χ1v) is 8.76. The molecule has 0 spiro atoms. The van der Waals surface area contributed by atoms with Gasteiger partial charge in [0, 0.05) is 26.4 Å². The maximum Gasteiger partial charge on any atom is 0.141 e. The number of benzene rings is 1. The Balaban J connectivity index is 1.73. The van der Waals surface area contributed by atoms with E-state index >= 15 is 0 Å². The number of aromatic nitrogens is 2. The fourth-order valence-corrected chi connectivity index (χ4v) is 3.94. The summed E-state index contributed by atoms with van der Waals surface area (Å²) in [6, 6.07) is 8.25. The molecule has 1 aromatic carbocycles. The second-order valence-electron chi connectivity index (χ2n) is 4.19. The molecular weight excluding hydrogens is 342 g/mol. The smallest absolute Gasteiger partial charge is 0.141 e. The van der Waals surface area contributed by atoms with Gasteiger partial charge in [-0.15, -0.1) is 11.8 Å². The molecule has 0 aliphatic carbocycles. The summed E-state index contributed by atoms with van der Waals surface area (Å²) in [5.74, 6) is 4.14. The zero-order valence-electron chi connectivity index (χ0n) is 10.1. The Morgan fingerprint density at radius 2 is 2.00 bits per heavy atom. The fraction of sp³-hybridized carbons (Fsp3) is 0.231. The van der Waals surface area contributed by atoms with Crippen LogP contribution in [0.15, 0.2) is 33.6 Å². The summed E-state index contributed by atoms with van der Waals surface area (Å²) >= 11 is 7.01. The lowest BCUT2D eigenvalue weighted by molar-refractivity contribution is 0.982. The van der Waals surface area contributed by atoms with Gasteiger partial charge in [-0.3, -0.25) is 0 Å². The molecule has 0 unspecified atom stereocenters. The third kappa shape index (κ3) is 3.07. The number of anilines is 1. The van der Waals surface area contributed by atoms with Gasteiger partial charge in [-0.05, 0) is 24.3 Å². The second-order valence-corrected chi connectivity index (χ2v) is 7.14. The molecule has 2 aromatic rings. The minimum Gasteiger partial charge on any atom is -0.383 e. The molecule has 1 aliphatic heterocycles. The van der Waals surface area contributed by atoms with Gasteiger partial charge in [-0.25, -0.2) is 9.97 Å². The van der Waals surface area contributed by atoms with Crippen LogP contribution in [0.1, 0.15) is 17.1 Å². The third-order valence-corrected chi connectivity index (χ3v) is 5.34. The Bertz CT molecular complexity index is 602. The zero-order chi connectivity index (χ0) is 13.2. The molecule has 0 amide bonds. The summed E-state index contributed by atoms with van der Waals surface area (Å²) in [7, 11) is 0. The van der Waals surface area contributed by atoms with E-state index in [2.05, 4.69) is 38.0 Å². The van der Waals surface area contributed by atoms with Gasteiger partial charge in [-0.2, -0.15) is 11.8 Å². The van der Waals surface area contributed by atoms with E-state index in [0.717, 1.165) is 38.8 Å². The quantitative estimate of drug-likeness (QED) is 0.849. The first-order valence-electron chi connectivity index (χ1n) is 5.82. The van der Waals surface area contributed by atoms with Crippen molar-refractivity contribution >= 4 is 45.3 Å². The predicted molar refractivity (Wildman–Crippen MR) is 85.1 cm³/mol. The van der Waals surface area contributed by atoms with Crippen molar-refractivity contribution in [2.45, 2.75) is 22.2 Å². The van der Waals surface area contributed by atoms with Crippen LogP contribution in [0.25, 0.3) is 0 Å². The Labute approximate surface area is 128 Å². The molecule has 6 heteroatoms. The predicted octanol–water partition coefficient (Wildman–Crippen LogP) is 3.86. The Morgan fingerprint density at radius 3 is 2.79 bits per heavy atom. The molecule has 0 saturated heterocycles. The molecular formula is C13H12BrN3S2. The van der Waals surface area contributed by atoms with Gasteiger partial charge in [0.1, 0.15) is 11.6 Å². The van der Waals surface area contributed by atoms with E-state index < -0.39 is 0 Å². The van der Waals surface area contributed by atoms with E-state index in [-0.39, 0.29) is 0 Å². The minimum absolute atomic E-state index is 0.654.